The fraction of sp³-hybridized carbons (Fsp3) is 0.714. The van der Waals surface area contributed by atoms with Crippen LogP contribution in [0, 0.1) is 0 Å². The summed E-state index contributed by atoms with van der Waals surface area (Å²) >= 11 is 0. The summed E-state index contributed by atoms with van der Waals surface area (Å²) in [7, 11) is 0. The predicted octanol–water partition coefficient (Wildman–Crippen LogP) is -0.609. The van der Waals surface area contributed by atoms with Gasteiger partial charge >= 0.3 is 0 Å². The monoisotopic (exact) mass is 161 g/mol. The molecular weight excluding hydrogens is 146 g/mol. The minimum absolute atomic E-state index is 0.0222. The minimum atomic E-state index is -0.209. The van der Waals surface area contributed by atoms with Gasteiger partial charge in [0, 0.05) is 19.0 Å². The van der Waals surface area contributed by atoms with E-state index in [9.17, 15) is 0 Å². The van der Waals surface area contributed by atoms with Gasteiger partial charge in [0.25, 0.3) is 0 Å². The zero-order valence-corrected chi connectivity index (χ0v) is 6.45. The SMILES string of the molecule is C=C(O)CC(CO)NCCO. The van der Waals surface area contributed by atoms with Gasteiger partial charge in [0.15, 0.2) is 0 Å². The lowest BCUT2D eigenvalue weighted by Crippen LogP contribution is -2.34. The maximum Gasteiger partial charge on any atom is 0.0867 e. The standard InChI is InChI=1S/C7H15NO3/c1-6(11)4-7(5-10)8-2-3-9/h7-11H,1-5H2. The van der Waals surface area contributed by atoms with E-state index in [1.165, 1.54) is 0 Å². The smallest absolute Gasteiger partial charge is 0.0867 e. The molecule has 0 radical (unpaired) electrons. The highest BCUT2D eigenvalue weighted by atomic mass is 16.3. The van der Waals surface area contributed by atoms with Crippen LogP contribution in [0.1, 0.15) is 6.42 Å². The van der Waals surface area contributed by atoms with Gasteiger partial charge < -0.3 is 20.6 Å². The molecule has 0 aromatic heterocycles. The molecule has 0 aliphatic heterocycles. The van der Waals surface area contributed by atoms with E-state index in [2.05, 4.69) is 11.9 Å². The second kappa shape index (κ2) is 6.15. The lowest BCUT2D eigenvalue weighted by molar-refractivity contribution is 0.214. The average molecular weight is 161 g/mol. The van der Waals surface area contributed by atoms with E-state index in [0.717, 1.165) is 0 Å². The number of aliphatic hydroxyl groups excluding tert-OH is 3. The molecule has 11 heavy (non-hydrogen) atoms. The molecule has 0 spiro atoms. The molecule has 0 aliphatic carbocycles. The molecule has 0 heterocycles. The molecule has 1 atom stereocenters. The van der Waals surface area contributed by atoms with Crippen LogP contribution < -0.4 is 5.32 Å². The molecule has 0 saturated heterocycles. The second-order valence-corrected chi connectivity index (χ2v) is 2.33. The maximum absolute atomic E-state index is 8.75. The van der Waals surface area contributed by atoms with Crippen LogP contribution in [0.25, 0.3) is 0 Å². The van der Waals surface area contributed by atoms with Crippen molar-refractivity contribution in [1.29, 1.82) is 0 Å². The Morgan fingerprint density at radius 1 is 1.45 bits per heavy atom. The third-order valence-corrected chi connectivity index (χ3v) is 1.25. The van der Waals surface area contributed by atoms with Crippen LogP contribution in [-0.2, 0) is 0 Å². The molecule has 0 aliphatic rings. The first-order chi connectivity index (χ1) is 5.20. The third-order valence-electron chi connectivity index (χ3n) is 1.25. The van der Waals surface area contributed by atoms with Crippen LogP contribution in [0.15, 0.2) is 12.3 Å². The van der Waals surface area contributed by atoms with E-state index in [1.54, 1.807) is 0 Å². The Balaban J connectivity index is 3.49. The van der Waals surface area contributed by atoms with Gasteiger partial charge in [-0.3, -0.25) is 0 Å². The molecule has 4 N–H and O–H groups in total. The van der Waals surface area contributed by atoms with Crippen LogP contribution in [0.2, 0.25) is 0 Å². The highest BCUT2D eigenvalue weighted by Gasteiger charge is 2.06. The van der Waals surface area contributed by atoms with E-state index < -0.39 is 0 Å². The zero-order valence-electron chi connectivity index (χ0n) is 6.45. The van der Waals surface area contributed by atoms with Crippen molar-refractivity contribution in [2.75, 3.05) is 19.8 Å². The maximum atomic E-state index is 8.75. The van der Waals surface area contributed by atoms with Crippen molar-refractivity contribution in [2.24, 2.45) is 0 Å². The predicted molar refractivity (Wildman–Crippen MR) is 42.3 cm³/mol. The molecule has 4 heteroatoms. The molecule has 66 valence electrons. The first kappa shape index (κ1) is 10.4. The molecule has 0 bridgehead atoms. The summed E-state index contributed by atoms with van der Waals surface area (Å²) in [5, 5.41) is 28.7. The quantitative estimate of drug-likeness (QED) is 0.392. The highest BCUT2D eigenvalue weighted by molar-refractivity contribution is 4.85. The number of rotatable bonds is 6. The van der Waals surface area contributed by atoms with E-state index in [0.29, 0.717) is 13.0 Å². The van der Waals surface area contributed by atoms with E-state index in [1.807, 2.05) is 0 Å². The van der Waals surface area contributed by atoms with Crippen molar-refractivity contribution < 1.29 is 15.3 Å². The largest absolute Gasteiger partial charge is 0.513 e. The Kier molecular flexibility index (Phi) is 5.83. The summed E-state index contributed by atoms with van der Waals surface area (Å²) in [6, 6.07) is -0.209. The van der Waals surface area contributed by atoms with Crippen molar-refractivity contribution in [3.63, 3.8) is 0 Å². The summed E-state index contributed by atoms with van der Waals surface area (Å²) in [6.45, 7) is 3.66. The van der Waals surface area contributed by atoms with Crippen LogP contribution >= 0.6 is 0 Å². The minimum Gasteiger partial charge on any atom is -0.513 e. The molecule has 0 rings (SSSR count). The van der Waals surface area contributed by atoms with Gasteiger partial charge in [0.05, 0.1) is 19.0 Å². The van der Waals surface area contributed by atoms with Crippen LogP contribution in [-0.4, -0.2) is 41.1 Å². The molecule has 0 aromatic rings. The summed E-state index contributed by atoms with van der Waals surface area (Å²) < 4.78 is 0. The summed E-state index contributed by atoms with van der Waals surface area (Å²) in [4.78, 5) is 0. The topological polar surface area (TPSA) is 72.7 Å². The zero-order chi connectivity index (χ0) is 8.69. The molecule has 0 fully saturated rings. The highest BCUT2D eigenvalue weighted by Crippen LogP contribution is 1.97. The van der Waals surface area contributed by atoms with Crippen LogP contribution in [0.3, 0.4) is 0 Å². The second-order valence-electron chi connectivity index (χ2n) is 2.33. The van der Waals surface area contributed by atoms with Gasteiger partial charge in [-0.2, -0.15) is 0 Å². The van der Waals surface area contributed by atoms with E-state index in [4.69, 9.17) is 15.3 Å². The van der Waals surface area contributed by atoms with Crippen molar-refractivity contribution >= 4 is 0 Å². The Labute approximate surface area is 66.2 Å². The first-order valence-electron chi connectivity index (χ1n) is 3.52. The van der Waals surface area contributed by atoms with E-state index >= 15 is 0 Å². The molecule has 4 nitrogen and oxygen atoms in total. The van der Waals surface area contributed by atoms with Crippen LogP contribution in [0.5, 0.6) is 0 Å². The first-order valence-corrected chi connectivity index (χ1v) is 3.52. The number of aliphatic hydroxyl groups is 3. The third kappa shape index (κ3) is 5.84. The van der Waals surface area contributed by atoms with Gasteiger partial charge in [-0.05, 0) is 0 Å². The Morgan fingerprint density at radius 2 is 2.09 bits per heavy atom. The normalized spacial score (nSPS) is 12.9. The average Bonchev–Trinajstić information content (AvgIpc) is 1.97. The Hall–Kier alpha value is -0.580. The fourth-order valence-corrected chi connectivity index (χ4v) is 0.754. The van der Waals surface area contributed by atoms with Gasteiger partial charge in [0.1, 0.15) is 0 Å². The lowest BCUT2D eigenvalue weighted by Gasteiger charge is -2.13. The van der Waals surface area contributed by atoms with Crippen molar-refractivity contribution in [2.45, 2.75) is 12.5 Å². The Morgan fingerprint density at radius 3 is 2.45 bits per heavy atom. The van der Waals surface area contributed by atoms with Crippen LogP contribution in [0.4, 0.5) is 0 Å². The van der Waals surface area contributed by atoms with Crippen molar-refractivity contribution in [3.05, 3.63) is 12.3 Å². The van der Waals surface area contributed by atoms with Crippen molar-refractivity contribution in [3.8, 4) is 0 Å². The molecule has 1 unspecified atom stereocenters. The van der Waals surface area contributed by atoms with E-state index in [-0.39, 0.29) is 25.0 Å². The molecule has 0 aromatic carbocycles. The molecular formula is C7H15NO3. The number of hydrogen-bond donors (Lipinski definition) is 4. The fourth-order valence-electron chi connectivity index (χ4n) is 0.754. The summed E-state index contributed by atoms with van der Waals surface area (Å²) in [6.07, 6.45) is 0.316. The van der Waals surface area contributed by atoms with Gasteiger partial charge in [-0.1, -0.05) is 6.58 Å². The molecule has 0 saturated carbocycles. The summed E-state index contributed by atoms with van der Waals surface area (Å²) in [5.41, 5.74) is 0. The van der Waals surface area contributed by atoms with Gasteiger partial charge in [-0.15, -0.1) is 0 Å². The van der Waals surface area contributed by atoms with Gasteiger partial charge in [0.2, 0.25) is 0 Å². The Bertz CT molecular complexity index is 116. The molecule has 0 amide bonds. The summed E-state index contributed by atoms with van der Waals surface area (Å²) in [5.74, 6) is 0.0366. The number of hydrogen-bond acceptors (Lipinski definition) is 4. The number of nitrogens with one attached hydrogen (secondary N) is 1. The van der Waals surface area contributed by atoms with Crippen molar-refractivity contribution in [1.82, 2.24) is 5.32 Å². The lowest BCUT2D eigenvalue weighted by atomic mass is 10.2. The van der Waals surface area contributed by atoms with Gasteiger partial charge in [-0.25, -0.2) is 0 Å².